The minimum atomic E-state index is 0.0489. The quantitative estimate of drug-likeness (QED) is 0.160. The van der Waals surface area contributed by atoms with Crippen molar-refractivity contribution in [1.29, 1.82) is 0 Å². The Morgan fingerprint density at radius 3 is 1.29 bits per heavy atom. The lowest BCUT2D eigenvalue weighted by Gasteiger charge is -2.23. The largest absolute Gasteiger partial charge is 0.256 e. The summed E-state index contributed by atoms with van der Waals surface area (Å²) >= 11 is 0. The van der Waals surface area contributed by atoms with Crippen LogP contribution in [0.2, 0.25) is 0 Å². The van der Waals surface area contributed by atoms with Gasteiger partial charge in [-0.3, -0.25) is 9.97 Å². The van der Waals surface area contributed by atoms with E-state index in [9.17, 15) is 0 Å². The Hall–Kier alpha value is -6.90. The van der Waals surface area contributed by atoms with Gasteiger partial charge in [0, 0.05) is 23.5 Å². The van der Waals surface area contributed by atoms with Gasteiger partial charge >= 0.3 is 0 Å². The first-order chi connectivity index (χ1) is 27.4. The summed E-state index contributed by atoms with van der Waals surface area (Å²) in [6.45, 7) is 6.90. The van der Waals surface area contributed by atoms with E-state index in [2.05, 4.69) is 182 Å². The molecule has 0 saturated heterocycles. The number of rotatable bonds is 6. The molecule has 2 heterocycles. The van der Waals surface area contributed by atoms with E-state index in [1.165, 1.54) is 71.3 Å². The summed E-state index contributed by atoms with van der Waals surface area (Å²) in [6.07, 6.45) is 3.70. The van der Waals surface area contributed by atoms with Gasteiger partial charge in [0.2, 0.25) is 0 Å². The van der Waals surface area contributed by atoms with Gasteiger partial charge in [0.05, 0.1) is 11.4 Å². The number of hydrogen-bond acceptors (Lipinski definition) is 2. The molecule has 8 aromatic carbocycles. The molecular weight excluding hydrogens is 677 g/mol. The van der Waals surface area contributed by atoms with E-state index in [0.717, 1.165) is 33.6 Å². The monoisotopic (exact) mass is 716 g/mol. The van der Waals surface area contributed by atoms with Crippen LogP contribution < -0.4 is 0 Å². The van der Waals surface area contributed by atoms with E-state index >= 15 is 0 Å². The van der Waals surface area contributed by atoms with Crippen molar-refractivity contribution in [2.45, 2.75) is 26.2 Å². The van der Waals surface area contributed by atoms with Crippen LogP contribution in [-0.4, -0.2) is 9.97 Å². The molecule has 0 amide bonds. The van der Waals surface area contributed by atoms with Gasteiger partial charge < -0.3 is 0 Å². The predicted molar refractivity (Wildman–Crippen MR) is 237 cm³/mol. The zero-order valence-electron chi connectivity index (χ0n) is 31.8. The van der Waals surface area contributed by atoms with E-state index in [1.54, 1.807) is 0 Å². The third-order valence-corrected chi connectivity index (χ3v) is 11.3. The molecule has 10 rings (SSSR count). The van der Waals surface area contributed by atoms with Crippen molar-refractivity contribution < 1.29 is 0 Å². The topological polar surface area (TPSA) is 25.8 Å². The molecule has 0 radical (unpaired) electrons. The summed E-state index contributed by atoms with van der Waals surface area (Å²) in [7, 11) is 0. The van der Waals surface area contributed by atoms with Crippen molar-refractivity contribution >= 4 is 32.3 Å². The minimum Gasteiger partial charge on any atom is -0.256 e. The lowest BCUT2D eigenvalue weighted by molar-refractivity contribution is 0.591. The molecule has 0 aliphatic carbocycles. The van der Waals surface area contributed by atoms with Gasteiger partial charge in [-0.2, -0.15) is 0 Å². The number of benzene rings is 8. The SMILES string of the molecule is CC(C)(C)c1cc2ccc3c(-c4ccccc4)cc(-c4cc(-c5ccc(-c6ccccn6)cc5)cc(-c5ccc(-c6ccccn6)cc5)c4)c4ccc(c1)c2c34. The fourth-order valence-corrected chi connectivity index (χ4v) is 8.29. The first kappa shape index (κ1) is 33.7. The molecule has 0 N–H and O–H groups in total. The summed E-state index contributed by atoms with van der Waals surface area (Å²) in [6, 6.07) is 64.3. The van der Waals surface area contributed by atoms with Gasteiger partial charge in [-0.25, -0.2) is 0 Å². The van der Waals surface area contributed by atoms with Crippen LogP contribution in [0.1, 0.15) is 26.3 Å². The first-order valence-corrected chi connectivity index (χ1v) is 19.4. The second-order valence-corrected chi connectivity index (χ2v) is 15.9. The molecule has 0 unspecified atom stereocenters. The Labute approximate surface area is 328 Å². The van der Waals surface area contributed by atoms with E-state index in [4.69, 9.17) is 0 Å². The maximum atomic E-state index is 4.60. The van der Waals surface area contributed by atoms with E-state index in [0.29, 0.717) is 0 Å². The maximum Gasteiger partial charge on any atom is 0.0701 e. The Balaban J connectivity index is 1.22. The van der Waals surface area contributed by atoms with Crippen molar-refractivity contribution in [2.24, 2.45) is 0 Å². The standard InChI is InChI=1S/C54H40N2/c1-54(2,3)45-32-40-23-25-46-48(37-11-5-4-6-12-37)34-49(47-26-24-41(33-45)52(40)53(46)47)44-30-42(35-15-19-38(20-16-35)50-13-7-9-27-55-50)29-43(31-44)36-17-21-39(22-18-36)51-14-8-10-28-56-51/h4-34H,1-3H3. The number of hydrogen-bond donors (Lipinski definition) is 0. The van der Waals surface area contributed by atoms with Crippen LogP contribution in [0.3, 0.4) is 0 Å². The molecule has 0 fully saturated rings. The second kappa shape index (κ2) is 13.4. The lowest BCUT2D eigenvalue weighted by Crippen LogP contribution is -2.10. The highest BCUT2D eigenvalue weighted by atomic mass is 14.7. The van der Waals surface area contributed by atoms with Crippen molar-refractivity contribution in [3.8, 4) is 67.0 Å². The molecule has 0 bridgehead atoms. The van der Waals surface area contributed by atoms with Crippen molar-refractivity contribution in [3.05, 3.63) is 194 Å². The second-order valence-electron chi connectivity index (χ2n) is 15.9. The minimum absolute atomic E-state index is 0.0489. The van der Waals surface area contributed by atoms with Crippen LogP contribution in [0, 0.1) is 0 Å². The van der Waals surface area contributed by atoms with Gasteiger partial charge in [-0.15, -0.1) is 0 Å². The van der Waals surface area contributed by atoms with E-state index in [1.807, 2.05) is 36.7 Å². The summed E-state index contributed by atoms with van der Waals surface area (Å²) in [5, 5.41) is 7.78. The Morgan fingerprint density at radius 1 is 0.339 bits per heavy atom. The molecule has 0 saturated carbocycles. The average molecular weight is 717 g/mol. The average Bonchev–Trinajstić information content (AvgIpc) is 3.25. The number of aromatic nitrogens is 2. The van der Waals surface area contributed by atoms with Crippen molar-refractivity contribution in [1.82, 2.24) is 9.97 Å². The van der Waals surface area contributed by atoms with Crippen LogP contribution in [0.5, 0.6) is 0 Å². The van der Waals surface area contributed by atoms with E-state index < -0.39 is 0 Å². The fraction of sp³-hybridized carbons (Fsp3) is 0.0741. The van der Waals surface area contributed by atoms with Crippen LogP contribution in [0.4, 0.5) is 0 Å². The highest BCUT2D eigenvalue weighted by Gasteiger charge is 2.21. The summed E-state index contributed by atoms with van der Waals surface area (Å²) < 4.78 is 0. The van der Waals surface area contributed by atoms with Crippen molar-refractivity contribution in [2.75, 3.05) is 0 Å². The molecule has 0 atom stereocenters. The molecule has 56 heavy (non-hydrogen) atoms. The smallest absolute Gasteiger partial charge is 0.0701 e. The number of nitrogens with zero attached hydrogens (tertiary/aromatic N) is 2. The molecule has 266 valence electrons. The van der Waals surface area contributed by atoms with Crippen LogP contribution >= 0.6 is 0 Å². The van der Waals surface area contributed by atoms with Gasteiger partial charge in [0.25, 0.3) is 0 Å². The zero-order chi connectivity index (χ0) is 37.8. The van der Waals surface area contributed by atoms with Gasteiger partial charge in [-0.1, -0.05) is 148 Å². The van der Waals surface area contributed by atoms with Gasteiger partial charge in [0.1, 0.15) is 0 Å². The fourth-order valence-electron chi connectivity index (χ4n) is 8.29. The van der Waals surface area contributed by atoms with Crippen LogP contribution in [0.25, 0.3) is 99.3 Å². The number of pyridine rings is 2. The Bertz CT molecular complexity index is 2880. The van der Waals surface area contributed by atoms with Crippen LogP contribution in [0.15, 0.2) is 188 Å². The normalized spacial score (nSPS) is 11.8. The molecule has 0 spiro atoms. The zero-order valence-corrected chi connectivity index (χ0v) is 31.8. The predicted octanol–water partition coefficient (Wildman–Crippen LogP) is 14.7. The highest BCUT2D eigenvalue weighted by molar-refractivity contribution is 6.28. The summed E-state index contributed by atoms with van der Waals surface area (Å²) in [4.78, 5) is 9.19. The van der Waals surface area contributed by atoms with Gasteiger partial charge in [-0.05, 0) is 136 Å². The van der Waals surface area contributed by atoms with Crippen LogP contribution in [-0.2, 0) is 5.41 Å². The molecule has 2 aromatic heterocycles. The molecule has 0 aliphatic rings. The summed E-state index contributed by atoms with van der Waals surface area (Å²) in [5.41, 5.74) is 15.1. The van der Waals surface area contributed by atoms with Gasteiger partial charge in [0.15, 0.2) is 0 Å². The first-order valence-electron chi connectivity index (χ1n) is 19.4. The summed E-state index contributed by atoms with van der Waals surface area (Å²) in [5.74, 6) is 0. The Morgan fingerprint density at radius 2 is 0.804 bits per heavy atom. The van der Waals surface area contributed by atoms with Crippen molar-refractivity contribution in [3.63, 3.8) is 0 Å². The Kier molecular flexibility index (Phi) is 8.08. The maximum absolute atomic E-state index is 4.60. The highest BCUT2D eigenvalue weighted by Crippen LogP contribution is 2.46. The third-order valence-electron chi connectivity index (χ3n) is 11.3. The molecular formula is C54H40N2. The van der Waals surface area contributed by atoms with E-state index in [-0.39, 0.29) is 5.41 Å². The molecule has 0 aliphatic heterocycles. The molecule has 2 heteroatoms. The lowest BCUT2D eigenvalue weighted by atomic mass is 9.81. The molecule has 10 aromatic rings. The third kappa shape index (κ3) is 6.01. The molecule has 2 nitrogen and oxygen atoms in total.